The number of methoxy groups -OCH3 is 2. The number of amides is 1. The Morgan fingerprint density at radius 3 is 2.76 bits per heavy atom. The van der Waals surface area contributed by atoms with E-state index in [1.165, 1.54) is 11.1 Å². The Labute approximate surface area is 195 Å². The van der Waals surface area contributed by atoms with Crippen molar-refractivity contribution in [2.75, 3.05) is 27.3 Å². The Morgan fingerprint density at radius 2 is 1.94 bits per heavy atom. The summed E-state index contributed by atoms with van der Waals surface area (Å²) in [7, 11) is 3.30. The Bertz CT molecular complexity index is 1040. The summed E-state index contributed by atoms with van der Waals surface area (Å²) in [5.41, 5.74) is 3.72. The van der Waals surface area contributed by atoms with E-state index in [9.17, 15) is 4.79 Å². The van der Waals surface area contributed by atoms with Crippen molar-refractivity contribution in [3.8, 4) is 11.5 Å². The van der Waals surface area contributed by atoms with Crippen LogP contribution in [0.3, 0.4) is 0 Å². The number of hydrogen-bond acceptors (Lipinski definition) is 6. The maximum Gasteiger partial charge on any atom is 0.228 e. The number of benzene rings is 2. The number of allylic oxidation sites excluding steroid dienone is 1. The van der Waals surface area contributed by atoms with Gasteiger partial charge in [0.1, 0.15) is 17.8 Å². The van der Waals surface area contributed by atoms with Crippen molar-refractivity contribution in [3.05, 3.63) is 65.2 Å². The largest absolute Gasteiger partial charge is 0.497 e. The first-order valence-electron chi connectivity index (χ1n) is 11.7. The molecule has 0 saturated carbocycles. The predicted octanol–water partition coefficient (Wildman–Crippen LogP) is 2.33. The van der Waals surface area contributed by atoms with E-state index in [0.29, 0.717) is 0 Å². The zero-order chi connectivity index (χ0) is 22.8. The normalized spacial score (nSPS) is 27.5. The van der Waals surface area contributed by atoms with Crippen molar-refractivity contribution in [2.45, 2.75) is 31.8 Å². The van der Waals surface area contributed by atoms with Gasteiger partial charge >= 0.3 is 0 Å². The maximum absolute atomic E-state index is 13.3. The number of piperidine rings is 1. The molecule has 3 heterocycles. The van der Waals surface area contributed by atoms with E-state index < -0.39 is 0 Å². The number of ether oxygens (including phenoxy) is 2. The van der Waals surface area contributed by atoms with Crippen LogP contribution >= 0.6 is 0 Å². The van der Waals surface area contributed by atoms with Crippen molar-refractivity contribution in [2.24, 2.45) is 11.8 Å². The van der Waals surface area contributed by atoms with Crippen LogP contribution in [0.1, 0.15) is 23.1 Å². The summed E-state index contributed by atoms with van der Waals surface area (Å²) in [6, 6.07) is 14.3. The van der Waals surface area contributed by atoms with Gasteiger partial charge in [0, 0.05) is 24.7 Å². The molecule has 2 saturated heterocycles. The maximum atomic E-state index is 13.3. The van der Waals surface area contributed by atoms with Crippen LogP contribution in [0.5, 0.6) is 11.5 Å². The van der Waals surface area contributed by atoms with E-state index >= 15 is 0 Å². The summed E-state index contributed by atoms with van der Waals surface area (Å²) in [6.45, 7) is 2.63. The Morgan fingerprint density at radius 1 is 1.09 bits per heavy atom. The minimum absolute atomic E-state index is 0.0536. The summed E-state index contributed by atoms with van der Waals surface area (Å²) in [5.74, 6) is 1.60. The van der Waals surface area contributed by atoms with Crippen molar-refractivity contribution >= 4 is 12.0 Å². The van der Waals surface area contributed by atoms with E-state index in [2.05, 4.69) is 57.3 Å². The van der Waals surface area contributed by atoms with Crippen molar-refractivity contribution < 1.29 is 14.3 Å². The predicted molar refractivity (Wildman–Crippen MR) is 128 cm³/mol. The van der Waals surface area contributed by atoms with Gasteiger partial charge < -0.3 is 20.1 Å². The second-order valence-electron chi connectivity index (χ2n) is 8.94. The monoisotopic (exact) mass is 448 g/mol. The van der Waals surface area contributed by atoms with Crippen molar-refractivity contribution in [1.29, 1.82) is 0 Å². The van der Waals surface area contributed by atoms with Gasteiger partial charge in [-0.15, -0.1) is 0 Å². The molecule has 0 spiro atoms. The van der Waals surface area contributed by atoms with E-state index in [0.717, 1.165) is 49.5 Å². The van der Waals surface area contributed by atoms with Crippen LogP contribution in [-0.4, -0.2) is 50.6 Å². The molecule has 4 unspecified atom stereocenters. The third kappa shape index (κ3) is 4.49. The lowest BCUT2D eigenvalue weighted by Gasteiger charge is -2.47. The van der Waals surface area contributed by atoms with Gasteiger partial charge in [-0.25, -0.2) is 0 Å². The highest BCUT2D eigenvalue weighted by atomic mass is 16.5. The highest BCUT2D eigenvalue weighted by Crippen LogP contribution is 2.31. The van der Waals surface area contributed by atoms with Crippen molar-refractivity contribution in [3.63, 3.8) is 0 Å². The van der Waals surface area contributed by atoms with E-state index in [1.54, 1.807) is 14.2 Å². The molecule has 4 atom stereocenters. The van der Waals surface area contributed by atoms with Crippen LogP contribution in [0, 0.1) is 11.8 Å². The third-order valence-electron chi connectivity index (χ3n) is 7.07. The van der Waals surface area contributed by atoms with Gasteiger partial charge in [0.2, 0.25) is 5.91 Å². The molecule has 7 heteroatoms. The zero-order valence-corrected chi connectivity index (χ0v) is 19.2. The Hall–Kier alpha value is -2.87. The average Bonchev–Trinajstić information content (AvgIpc) is 2.86. The first-order valence-corrected chi connectivity index (χ1v) is 11.7. The molecule has 7 nitrogen and oxygen atoms in total. The fourth-order valence-electron chi connectivity index (χ4n) is 5.24. The minimum Gasteiger partial charge on any atom is -0.497 e. The Kier molecular flexibility index (Phi) is 6.35. The smallest absolute Gasteiger partial charge is 0.228 e. The van der Waals surface area contributed by atoms with Crippen LogP contribution in [0.4, 0.5) is 0 Å². The fourth-order valence-corrected chi connectivity index (χ4v) is 5.24. The van der Waals surface area contributed by atoms with E-state index in [1.807, 2.05) is 18.2 Å². The molecule has 0 aliphatic carbocycles. The molecule has 174 valence electrons. The lowest BCUT2D eigenvalue weighted by atomic mass is 9.81. The Balaban J connectivity index is 1.29. The number of nitrogens with one attached hydrogen (secondary N) is 3. The lowest BCUT2D eigenvalue weighted by Crippen LogP contribution is -2.72. The summed E-state index contributed by atoms with van der Waals surface area (Å²) in [4.78, 5) is 15.6. The number of rotatable bonds is 5. The number of nitrogens with zero attached hydrogens (tertiary/aromatic N) is 1. The first kappa shape index (κ1) is 21.9. The second-order valence-corrected chi connectivity index (χ2v) is 8.94. The van der Waals surface area contributed by atoms with Crippen molar-refractivity contribution in [1.82, 2.24) is 20.9 Å². The average molecular weight is 449 g/mol. The molecule has 5 rings (SSSR count). The third-order valence-corrected chi connectivity index (χ3v) is 7.07. The molecular weight excluding hydrogens is 416 g/mol. The molecule has 2 aromatic carbocycles. The molecule has 0 radical (unpaired) electrons. The lowest BCUT2D eigenvalue weighted by molar-refractivity contribution is -0.136. The van der Waals surface area contributed by atoms with E-state index in [4.69, 9.17) is 9.47 Å². The fraction of sp³-hybridized carbons (Fsp3) is 0.423. The van der Waals surface area contributed by atoms with Crippen LogP contribution in [0.15, 0.2) is 48.5 Å². The number of carbonyl (C=O) groups is 1. The van der Waals surface area contributed by atoms with Crippen LogP contribution in [-0.2, 0) is 17.8 Å². The van der Waals surface area contributed by atoms with Gasteiger partial charge in [-0.1, -0.05) is 36.4 Å². The highest BCUT2D eigenvalue weighted by molar-refractivity contribution is 5.81. The molecule has 3 aliphatic heterocycles. The summed E-state index contributed by atoms with van der Waals surface area (Å²) >= 11 is 0. The molecule has 2 aromatic rings. The number of fused-ring (bicyclic) bond motifs is 2. The van der Waals surface area contributed by atoms with Crippen LogP contribution in [0.25, 0.3) is 6.08 Å². The van der Waals surface area contributed by atoms with Crippen LogP contribution < -0.4 is 25.4 Å². The molecule has 1 amide bonds. The van der Waals surface area contributed by atoms with Gasteiger partial charge in [0.25, 0.3) is 0 Å². The van der Waals surface area contributed by atoms with Gasteiger partial charge in [0.05, 0.1) is 26.3 Å². The summed E-state index contributed by atoms with van der Waals surface area (Å²) in [6.07, 6.45) is 5.91. The van der Waals surface area contributed by atoms with Crippen LogP contribution in [0.2, 0.25) is 0 Å². The summed E-state index contributed by atoms with van der Waals surface area (Å²) < 4.78 is 10.8. The molecule has 0 bridgehead atoms. The van der Waals surface area contributed by atoms with E-state index in [-0.39, 0.29) is 30.2 Å². The standard InChI is InChI=1S/C26H32N4O3/c1-32-21-10-9-18(22(15-21)33-2)7-8-19-11-13-27-24-23(19)25(31)29-26(28-24)30-14-12-17-5-3-4-6-20(17)16-30/h3-10,15,19,23-24,26-28H,11-14,16H2,1-2H3,(H,29,31)/b8-7+. The summed E-state index contributed by atoms with van der Waals surface area (Å²) in [5, 5.41) is 10.4. The molecule has 2 fully saturated rings. The quantitative estimate of drug-likeness (QED) is 0.652. The topological polar surface area (TPSA) is 74.9 Å². The number of hydrogen-bond donors (Lipinski definition) is 3. The van der Waals surface area contributed by atoms with Gasteiger partial charge in [-0.2, -0.15) is 0 Å². The second kappa shape index (κ2) is 9.55. The number of carbonyl (C=O) groups excluding carboxylic acids is 1. The van der Waals surface area contributed by atoms with Gasteiger partial charge in [0.15, 0.2) is 0 Å². The first-order chi connectivity index (χ1) is 16.2. The minimum atomic E-state index is -0.163. The van der Waals surface area contributed by atoms with Gasteiger partial charge in [-0.05, 0) is 48.6 Å². The SMILES string of the molecule is COc1ccc(/C=C/C2CCNC3NC(N4CCc5ccccc5C4)NC(=O)C23)c(OC)c1. The highest BCUT2D eigenvalue weighted by Gasteiger charge is 2.43. The van der Waals surface area contributed by atoms with Gasteiger partial charge in [-0.3, -0.25) is 15.0 Å². The zero-order valence-electron chi connectivity index (χ0n) is 19.2. The molecule has 3 N–H and O–H groups in total. The molecular formula is C26H32N4O3. The molecule has 0 aromatic heterocycles. The molecule has 3 aliphatic rings. The molecule has 33 heavy (non-hydrogen) atoms.